The Morgan fingerprint density at radius 1 is 1.54 bits per heavy atom. The minimum Gasteiger partial charge on any atom is -0.469 e. The zero-order chi connectivity index (χ0) is 9.84. The molecule has 0 unspecified atom stereocenters. The number of hydrogen-bond donors (Lipinski definition) is 1. The smallest absolute Gasteiger partial charge is 0.312 e. The molecule has 2 N–H and O–H groups in total. The fourth-order valence-corrected chi connectivity index (χ4v) is 1.14. The van der Waals surface area contributed by atoms with Crippen LogP contribution in [-0.4, -0.2) is 13.1 Å². The molecule has 3 heteroatoms. The van der Waals surface area contributed by atoms with Crippen molar-refractivity contribution in [3.63, 3.8) is 0 Å². The van der Waals surface area contributed by atoms with E-state index in [9.17, 15) is 4.79 Å². The summed E-state index contributed by atoms with van der Waals surface area (Å²) in [6.45, 7) is 1.79. The Morgan fingerprint density at radius 2 is 2.23 bits per heavy atom. The molecule has 0 spiro atoms. The zero-order valence-electron chi connectivity index (χ0n) is 7.78. The second-order valence-electron chi connectivity index (χ2n) is 2.91. The number of nitrogen functional groups attached to an aromatic ring is 1. The van der Waals surface area contributed by atoms with Crippen molar-refractivity contribution >= 4 is 11.7 Å². The topological polar surface area (TPSA) is 52.3 Å². The van der Waals surface area contributed by atoms with Gasteiger partial charge in [-0.25, -0.2) is 0 Å². The maximum absolute atomic E-state index is 11.2. The van der Waals surface area contributed by atoms with E-state index in [0.717, 1.165) is 5.56 Å². The number of carbonyl (C=O) groups excluding carboxylic acids is 1. The number of rotatable bonds is 2. The van der Waals surface area contributed by atoms with Crippen molar-refractivity contribution in [2.45, 2.75) is 12.8 Å². The molecule has 0 fully saturated rings. The van der Waals surface area contributed by atoms with Crippen LogP contribution in [-0.2, 0) is 9.53 Å². The molecule has 1 aromatic rings. The van der Waals surface area contributed by atoms with Gasteiger partial charge in [0.1, 0.15) is 0 Å². The van der Waals surface area contributed by atoms with E-state index in [0.29, 0.717) is 5.69 Å². The molecule has 0 aliphatic rings. The van der Waals surface area contributed by atoms with Gasteiger partial charge in [0, 0.05) is 5.69 Å². The third-order valence-corrected chi connectivity index (χ3v) is 1.97. The van der Waals surface area contributed by atoms with E-state index in [1.165, 1.54) is 7.11 Å². The average molecular weight is 179 g/mol. The molecule has 13 heavy (non-hydrogen) atoms. The Bertz CT molecular complexity index is 310. The molecule has 70 valence electrons. The molecule has 0 heterocycles. The maximum atomic E-state index is 11.2. The van der Waals surface area contributed by atoms with Crippen molar-refractivity contribution in [1.29, 1.82) is 0 Å². The first-order valence-electron chi connectivity index (χ1n) is 4.08. The number of anilines is 1. The molecule has 0 bridgehead atoms. The number of esters is 1. The highest BCUT2D eigenvalue weighted by Crippen LogP contribution is 2.18. The summed E-state index contributed by atoms with van der Waals surface area (Å²) >= 11 is 0. The summed E-state index contributed by atoms with van der Waals surface area (Å²) in [5.41, 5.74) is 7.13. The predicted octanol–water partition coefficient (Wildman–Crippen LogP) is 1.55. The molecule has 1 atom stereocenters. The fraction of sp³-hybridized carbons (Fsp3) is 0.300. The highest BCUT2D eigenvalue weighted by atomic mass is 16.5. The molecule has 0 aliphatic heterocycles. The van der Waals surface area contributed by atoms with Gasteiger partial charge >= 0.3 is 5.97 Å². The first kappa shape index (κ1) is 9.58. The third kappa shape index (κ3) is 2.21. The van der Waals surface area contributed by atoms with Crippen LogP contribution in [0.2, 0.25) is 0 Å². The van der Waals surface area contributed by atoms with Crippen LogP contribution < -0.4 is 5.73 Å². The first-order valence-corrected chi connectivity index (χ1v) is 4.08. The fourth-order valence-electron chi connectivity index (χ4n) is 1.14. The second kappa shape index (κ2) is 3.94. The quantitative estimate of drug-likeness (QED) is 0.553. The zero-order valence-corrected chi connectivity index (χ0v) is 7.78. The summed E-state index contributed by atoms with van der Waals surface area (Å²) in [6, 6.07) is 7.25. The summed E-state index contributed by atoms with van der Waals surface area (Å²) in [6.07, 6.45) is 0. The lowest BCUT2D eigenvalue weighted by atomic mass is 10.0. The number of carbonyl (C=O) groups is 1. The molecule has 0 saturated heterocycles. The summed E-state index contributed by atoms with van der Waals surface area (Å²) in [7, 11) is 1.38. The van der Waals surface area contributed by atoms with E-state index in [4.69, 9.17) is 5.73 Å². The van der Waals surface area contributed by atoms with Gasteiger partial charge in [-0.05, 0) is 24.6 Å². The highest BCUT2D eigenvalue weighted by Gasteiger charge is 2.14. The van der Waals surface area contributed by atoms with Crippen LogP contribution in [0.3, 0.4) is 0 Å². The molecule has 1 rings (SSSR count). The van der Waals surface area contributed by atoms with Crippen molar-refractivity contribution in [1.82, 2.24) is 0 Å². The Morgan fingerprint density at radius 3 is 2.77 bits per heavy atom. The molecule has 3 nitrogen and oxygen atoms in total. The van der Waals surface area contributed by atoms with Gasteiger partial charge in [0.15, 0.2) is 0 Å². The average Bonchev–Trinajstić information content (AvgIpc) is 2.15. The number of hydrogen-bond acceptors (Lipinski definition) is 3. The van der Waals surface area contributed by atoms with Crippen LogP contribution in [0.25, 0.3) is 0 Å². The molecule has 1 aromatic carbocycles. The molecular formula is C10H13NO2. The van der Waals surface area contributed by atoms with Crippen LogP contribution in [0.1, 0.15) is 18.4 Å². The van der Waals surface area contributed by atoms with Gasteiger partial charge < -0.3 is 10.5 Å². The lowest BCUT2D eigenvalue weighted by Crippen LogP contribution is -2.10. The van der Waals surface area contributed by atoms with Crippen LogP contribution in [0, 0.1) is 0 Å². The Hall–Kier alpha value is -1.51. The van der Waals surface area contributed by atoms with E-state index < -0.39 is 0 Å². The van der Waals surface area contributed by atoms with Crippen LogP contribution in [0.5, 0.6) is 0 Å². The van der Waals surface area contributed by atoms with Crippen LogP contribution in [0.15, 0.2) is 24.3 Å². The molecule has 0 radical (unpaired) electrons. The Kier molecular flexibility index (Phi) is 2.90. The molecule has 0 aromatic heterocycles. The van der Waals surface area contributed by atoms with Gasteiger partial charge in [0.2, 0.25) is 0 Å². The van der Waals surface area contributed by atoms with Crippen molar-refractivity contribution in [2.24, 2.45) is 0 Å². The van der Waals surface area contributed by atoms with Gasteiger partial charge in [-0.3, -0.25) is 4.79 Å². The normalized spacial score (nSPS) is 12.2. The minimum absolute atomic E-state index is 0.245. The van der Waals surface area contributed by atoms with Gasteiger partial charge in [-0.15, -0.1) is 0 Å². The second-order valence-corrected chi connectivity index (χ2v) is 2.91. The molecular weight excluding hydrogens is 166 g/mol. The van der Waals surface area contributed by atoms with E-state index in [1.54, 1.807) is 19.1 Å². The first-order chi connectivity index (χ1) is 6.15. The van der Waals surface area contributed by atoms with Gasteiger partial charge in [0.05, 0.1) is 13.0 Å². The van der Waals surface area contributed by atoms with Crippen LogP contribution >= 0.6 is 0 Å². The molecule has 0 aliphatic carbocycles. The van der Waals surface area contributed by atoms with Crippen molar-refractivity contribution in [3.8, 4) is 0 Å². The van der Waals surface area contributed by atoms with Crippen molar-refractivity contribution in [2.75, 3.05) is 12.8 Å². The molecule has 0 amide bonds. The highest BCUT2D eigenvalue weighted by molar-refractivity contribution is 5.77. The van der Waals surface area contributed by atoms with Gasteiger partial charge in [-0.2, -0.15) is 0 Å². The third-order valence-electron chi connectivity index (χ3n) is 1.97. The standard InChI is InChI=1S/C10H13NO2/c1-7(10(12)13-2)8-4-3-5-9(11)6-8/h3-7H,11H2,1-2H3/t7-/m1/s1. The summed E-state index contributed by atoms with van der Waals surface area (Å²) in [5, 5.41) is 0. The summed E-state index contributed by atoms with van der Waals surface area (Å²) in [5.74, 6) is -0.501. The summed E-state index contributed by atoms with van der Waals surface area (Å²) in [4.78, 5) is 11.2. The van der Waals surface area contributed by atoms with Gasteiger partial charge in [-0.1, -0.05) is 12.1 Å². The van der Waals surface area contributed by atoms with E-state index in [1.807, 2.05) is 12.1 Å². The predicted molar refractivity (Wildman–Crippen MR) is 51.3 cm³/mol. The number of nitrogens with two attached hydrogens (primary N) is 1. The van der Waals surface area contributed by atoms with E-state index >= 15 is 0 Å². The van der Waals surface area contributed by atoms with Gasteiger partial charge in [0.25, 0.3) is 0 Å². The number of ether oxygens (including phenoxy) is 1. The van der Waals surface area contributed by atoms with Crippen LogP contribution in [0.4, 0.5) is 5.69 Å². The SMILES string of the molecule is COC(=O)[C@H](C)c1cccc(N)c1. The van der Waals surface area contributed by atoms with E-state index in [-0.39, 0.29) is 11.9 Å². The number of benzene rings is 1. The molecule has 0 saturated carbocycles. The summed E-state index contributed by atoms with van der Waals surface area (Å²) < 4.78 is 4.63. The lowest BCUT2D eigenvalue weighted by Gasteiger charge is -2.09. The Labute approximate surface area is 77.5 Å². The maximum Gasteiger partial charge on any atom is 0.312 e. The van der Waals surface area contributed by atoms with Crippen molar-refractivity contribution in [3.05, 3.63) is 29.8 Å². The van der Waals surface area contributed by atoms with Crippen molar-refractivity contribution < 1.29 is 9.53 Å². The Balaban J connectivity index is 2.88. The minimum atomic E-state index is -0.256. The number of methoxy groups -OCH3 is 1. The largest absolute Gasteiger partial charge is 0.469 e. The van der Waals surface area contributed by atoms with E-state index in [2.05, 4.69) is 4.74 Å². The monoisotopic (exact) mass is 179 g/mol. The lowest BCUT2D eigenvalue weighted by molar-refractivity contribution is -0.141.